The zero-order valence-corrected chi connectivity index (χ0v) is 19.1. The SMILES string of the molecule is CCN(CC)S(=O)(=O)c1ccc(CCNC(=NC)NCc2ccccc2OC)s1. The van der Waals surface area contributed by atoms with Gasteiger partial charge in [0.05, 0.1) is 7.11 Å². The van der Waals surface area contributed by atoms with Crippen LogP contribution in [-0.2, 0) is 23.0 Å². The summed E-state index contributed by atoms with van der Waals surface area (Å²) in [4.78, 5) is 5.25. The Balaban J connectivity index is 1.88. The summed E-state index contributed by atoms with van der Waals surface area (Å²) in [6, 6.07) is 11.4. The Morgan fingerprint density at radius 2 is 1.86 bits per heavy atom. The molecule has 1 aromatic heterocycles. The number of ether oxygens (including phenoxy) is 1. The maximum atomic E-state index is 12.6. The van der Waals surface area contributed by atoms with Gasteiger partial charge in [0.2, 0.25) is 0 Å². The minimum atomic E-state index is -3.39. The highest BCUT2D eigenvalue weighted by Gasteiger charge is 2.23. The van der Waals surface area contributed by atoms with Crippen LogP contribution < -0.4 is 15.4 Å². The fraction of sp³-hybridized carbons (Fsp3) is 0.450. The lowest BCUT2D eigenvalue weighted by Gasteiger charge is -2.16. The van der Waals surface area contributed by atoms with Crippen LogP contribution in [0.2, 0.25) is 0 Å². The third-order valence-corrected chi connectivity index (χ3v) is 8.13. The van der Waals surface area contributed by atoms with Crippen molar-refractivity contribution in [2.75, 3.05) is 33.8 Å². The van der Waals surface area contributed by atoms with E-state index >= 15 is 0 Å². The molecule has 0 saturated carbocycles. The lowest BCUT2D eigenvalue weighted by Crippen LogP contribution is -2.37. The van der Waals surface area contributed by atoms with Gasteiger partial charge in [-0.3, -0.25) is 4.99 Å². The predicted molar refractivity (Wildman–Crippen MR) is 119 cm³/mol. The van der Waals surface area contributed by atoms with Crippen LogP contribution in [0.15, 0.2) is 45.6 Å². The summed E-state index contributed by atoms with van der Waals surface area (Å²) < 4.78 is 32.4. The number of para-hydroxylation sites is 1. The molecule has 0 unspecified atom stereocenters. The van der Waals surface area contributed by atoms with Crippen molar-refractivity contribution in [2.45, 2.75) is 31.0 Å². The quantitative estimate of drug-likeness (QED) is 0.440. The van der Waals surface area contributed by atoms with E-state index in [0.29, 0.717) is 42.8 Å². The molecule has 0 aliphatic rings. The molecule has 7 nitrogen and oxygen atoms in total. The molecule has 2 aromatic rings. The number of sulfonamides is 1. The van der Waals surface area contributed by atoms with E-state index in [-0.39, 0.29) is 0 Å². The second-order valence-corrected chi connectivity index (χ2v) is 9.56. The summed E-state index contributed by atoms with van der Waals surface area (Å²) in [7, 11) is -0.0147. The predicted octanol–water partition coefficient (Wildman–Crippen LogP) is 2.69. The van der Waals surface area contributed by atoms with Crippen LogP contribution in [0.25, 0.3) is 0 Å². The molecule has 0 bridgehead atoms. The summed E-state index contributed by atoms with van der Waals surface area (Å²) in [6.45, 7) is 5.89. The van der Waals surface area contributed by atoms with Crippen molar-refractivity contribution in [3.8, 4) is 5.75 Å². The normalized spacial score (nSPS) is 12.2. The van der Waals surface area contributed by atoms with E-state index in [1.807, 2.05) is 44.2 Å². The molecule has 29 heavy (non-hydrogen) atoms. The average Bonchev–Trinajstić information content (AvgIpc) is 3.21. The lowest BCUT2D eigenvalue weighted by atomic mass is 10.2. The van der Waals surface area contributed by atoms with Gasteiger partial charge in [-0.05, 0) is 24.6 Å². The van der Waals surface area contributed by atoms with E-state index in [1.165, 1.54) is 15.6 Å². The molecule has 0 saturated heterocycles. The number of nitrogens with zero attached hydrogens (tertiary/aromatic N) is 2. The molecule has 1 heterocycles. The molecule has 0 aliphatic heterocycles. The second kappa shape index (κ2) is 11.2. The summed E-state index contributed by atoms with van der Waals surface area (Å²) in [5, 5.41) is 6.53. The highest BCUT2D eigenvalue weighted by molar-refractivity contribution is 7.91. The monoisotopic (exact) mass is 438 g/mol. The molecule has 0 spiro atoms. The van der Waals surface area contributed by atoms with Gasteiger partial charge in [0, 0.05) is 43.7 Å². The molecule has 2 N–H and O–H groups in total. The van der Waals surface area contributed by atoms with Crippen LogP contribution in [0, 0.1) is 0 Å². The van der Waals surface area contributed by atoms with Crippen molar-refractivity contribution >= 4 is 27.3 Å². The number of guanidine groups is 1. The summed E-state index contributed by atoms with van der Waals surface area (Å²) in [5.74, 6) is 1.51. The molecular formula is C20H30N4O3S2. The zero-order valence-electron chi connectivity index (χ0n) is 17.4. The molecule has 0 fully saturated rings. The first-order valence-electron chi connectivity index (χ1n) is 9.61. The molecule has 2 rings (SSSR count). The summed E-state index contributed by atoms with van der Waals surface area (Å²) in [6.07, 6.45) is 0.716. The third kappa shape index (κ3) is 6.19. The Hall–Kier alpha value is -2.10. The van der Waals surface area contributed by atoms with Gasteiger partial charge in [-0.15, -0.1) is 11.3 Å². The number of hydrogen-bond acceptors (Lipinski definition) is 5. The van der Waals surface area contributed by atoms with Crippen LogP contribution in [0.3, 0.4) is 0 Å². The fourth-order valence-corrected chi connectivity index (χ4v) is 5.84. The first-order chi connectivity index (χ1) is 14.0. The largest absolute Gasteiger partial charge is 0.496 e. The van der Waals surface area contributed by atoms with Crippen molar-refractivity contribution in [1.82, 2.24) is 14.9 Å². The van der Waals surface area contributed by atoms with E-state index in [9.17, 15) is 8.42 Å². The molecular weight excluding hydrogens is 408 g/mol. The van der Waals surface area contributed by atoms with Gasteiger partial charge in [0.15, 0.2) is 5.96 Å². The average molecular weight is 439 g/mol. The molecule has 160 valence electrons. The lowest BCUT2D eigenvalue weighted by molar-refractivity contribution is 0.409. The smallest absolute Gasteiger partial charge is 0.252 e. The summed E-state index contributed by atoms with van der Waals surface area (Å²) >= 11 is 1.33. The Labute approximate surface area is 177 Å². The third-order valence-electron chi connectivity index (χ3n) is 4.46. The molecule has 0 atom stereocenters. The Morgan fingerprint density at radius 3 is 2.52 bits per heavy atom. The van der Waals surface area contributed by atoms with E-state index in [1.54, 1.807) is 20.2 Å². The maximum Gasteiger partial charge on any atom is 0.252 e. The van der Waals surface area contributed by atoms with Crippen LogP contribution in [0.4, 0.5) is 0 Å². The Bertz CT molecular complexity index is 906. The molecule has 0 amide bonds. The standard InChI is InChI=1S/C20H30N4O3S2/c1-5-24(6-2)29(25,26)19-12-11-17(28-19)13-14-22-20(21-3)23-15-16-9-7-8-10-18(16)27-4/h7-12H,5-6,13-15H2,1-4H3,(H2,21,22,23). The Morgan fingerprint density at radius 1 is 1.14 bits per heavy atom. The first kappa shape index (κ1) is 23.2. The number of hydrogen-bond donors (Lipinski definition) is 2. The number of thiophene rings is 1. The van der Waals surface area contributed by atoms with Crippen molar-refractivity contribution in [1.29, 1.82) is 0 Å². The molecule has 9 heteroatoms. The van der Waals surface area contributed by atoms with Gasteiger partial charge in [-0.25, -0.2) is 8.42 Å². The van der Waals surface area contributed by atoms with Crippen molar-refractivity contribution in [2.24, 2.45) is 4.99 Å². The van der Waals surface area contributed by atoms with Crippen LogP contribution in [0.5, 0.6) is 5.75 Å². The minimum Gasteiger partial charge on any atom is -0.496 e. The molecule has 0 aliphatic carbocycles. The van der Waals surface area contributed by atoms with Crippen LogP contribution in [-0.4, -0.2) is 52.5 Å². The Kier molecular flexibility index (Phi) is 8.94. The first-order valence-corrected chi connectivity index (χ1v) is 11.9. The minimum absolute atomic E-state index is 0.398. The second-order valence-electron chi connectivity index (χ2n) is 6.22. The van der Waals surface area contributed by atoms with E-state index in [0.717, 1.165) is 16.2 Å². The molecule has 0 radical (unpaired) electrons. The highest BCUT2D eigenvalue weighted by Crippen LogP contribution is 2.25. The topological polar surface area (TPSA) is 83.0 Å². The van der Waals surface area contributed by atoms with Gasteiger partial charge in [0.25, 0.3) is 10.0 Å². The number of nitrogens with one attached hydrogen (secondary N) is 2. The van der Waals surface area contributed by atoms with Crippen molar-refractivity contribution in [3.05, 3.63) is 46.8 Å². The van der Waals surface area contributed by atoms with E-state index in [4.69, 9.17) is 4.74 Å². The van der Waals surface area contributed by atoms with Crippen LogP contribution >= 0.6 is 11.3 Å². The number of benzene rings is 1. The summed E-state index contributed by atoms with van der Waals surface area (Å²) in [5.41, 5.74) is 1.04. The number of aliphatic imine (C=N–C) groups is 1. The molecule has 1 aromatic carbocycles. The maximum absolute atomic E-state index is 12.6. The van der Waals surface area contributed by atoms with Crippen molar-refractivity contribution < 1.29 is 13.2 Å². The van der Waals surface area contributed by atoms with Crippen LogP contribution in [0.1, 0.15) is 24.3 Å². The van der Waals surface area contributed by atoms with E-state index in [2.05, 4.69) is 15.6 Å². The van der Waals surface area contributed by atoms with Gasteiger partial charge >= 0.3 is 0 Å². The van der Waals surface area contributed by atoms with Gasteiger partial charge < -0.3 is 15.4 Å². The highest BCUT2D eigenvalue weighted by atomic mass is 32.2. The zero-order chi connectivity index (χ0) is 21.3. The van der Waals surface area contributed by atoms with Gasteiger partial charge in [-0.2, -0.15) is 4.31 Å². The number of methoxy groups -OCH3 is 1. The van der Waals surface area contributed by atoms with E-state index < -0.39 is 10.0 Å². The number of rotatable bonds is 10. The van der Waals surface area contributed by atoms with Gasteiger partial charge in [0.1, 0.15) is 9.96 Å². The van der Waals surface area contributed by atoms with Gasteiger partial charge in [-0.1, -0.05) is 32.0 Å². The van der Waals surface area contributed by atoms with Crippen molar-refractivity contribution in [3.63, 3.8) is 0 Å². The fourth-order valence-electron chi connectivity index (χ4n) is 2.87.